The molecule has 176 valence electrons. The number of aromatic nitrogens is 2. The molecule has 9 heteroatoms. The van der Waals surface area contributed by atoms with Crippen molar-refractivity contribution in [2.75, 3.05) is 24.9 Å². The summed E-state index contributed by atoms with van der Waals surface area (Å²) in [7, 11) is 3.20. The van der Waals surface area contributed by atoms with E-state index in [1.54, 1.807) is 26.4 Å². The monoisotopic (exact) mass is 478 g/mol. The fourth-order valence-electron chi connectivity index (χ4n) is 3.80. The van der Waals surface area contributed by atoms with E-state index in [0.717, 1.165) is 27.4 Å². The Morgan fingerprint density at radius 3 is 2.41 bits per heavy atom. The van der Waals surface area contributed by atoms with Gasteiger partial charge in [0.25, 0.3) is 5.91 Å². The topological polar surface area (TPSA) is 98.5 Å². The van der Waals surface area contributed by atoms with Crippen LogP contribution >= 0.6 is 11.3 Å². The summed E-state index contributed by atoms with van der Waals surface area (Å²) in [6.07, 6.45) is 1.47. The predicted molar refractivity (Wildman–Crippen MR) is 132 cm³/mol. The number of hydrogen-bond acceptors (Lipinski definition) is 8. The molecular weight excluding hydrogens is 452 g/mol. The number of benzene rings is 1. The number of thiophene rings is 1. The number of methoxy groups -OCH3 is 2. The first kappa shape index (κ1) is 23.3. The van der Waals surface area contributed by atoms with Crippen molar-refractivity contribution in [2.24, 2.45) is 0 Å². The van der Waals surface area contributed by atoms with Gasteiger partial charge in [-0.15, -0.1) is 11.3 Å². The summed E-state index contributed by atoms with van der Waals surface area (Å²) < 4.78 is 16.5. The van der Waals surface area contributed by atoms with Gasteiger partial charge in [0.1, 0.15) is 5.00 Å². The van der Waals surface area contributed by atoms with E-state index in [0.29, 0.717) is 22.4 Å². The van der Waals surface area contributed by atoms with Crippen molar-refractivity contribution >= 4 is 28.2 Å². The highest BCUT2D eigenvalue weighted by Crippen LogP contribution is 2.43. The number of hydrogen-bond donors (Lipinski definition) is 2. The molecule has 1 atom stereocenters. The largest absolute Gasteiger partial charge is 0.493 e. The molecule has 8 nitrogen and oxygen atoms in total. The Hall–Kier alpha value is -3.85. The molecule has 0 spiro atoms. The molecule has 0 saturated heterocycles. The molecule has 4 aromatic rings. The summed E-state index contributed by atoms with van der Waals surface area (Å²) in [5.41, 5.74) is 3.35. The SMILES string of the molecule is COc1cccc([C@H](Nc2nc(C)cc(C)n2)c2cc(C)sc2NC(=O)c2ccco2)c1OC. The maximum atomic E-state index is 12.8. The van der Waals surface area contributed by atoms with Crippen molar-refractivity contribution in [3.8, 4) is 11.5 Å². The summed E-state index contributed by atoms with van der Waals surface area (Å²) in [4.78, 5) is 22.9. The van der Waals surface area contributed by atoms with E-state index in [1.807, 2.05) is 51.1 Å². The van der Waals surface area contributed by atoms with E-state index in [1.165, 1.54) is 17.6 Å². The normalized spacial score (nSPS) is 11.7. The van der Waals surface area contributed by atoms with E-state index < -0.39 is 6.04 Å². The van der Waals surface area contributed by atoms with Crippen LogP contribution in [0, 0.1) is 20.8 Å². The Labute approximate surface area is 202 Å². The number of nitrogens with one attached hydrogen (secondary N) is 2. The highest BCUT2D eigenvalue weighted by atomic mass is 32.1. The number of para-hydroxylation sites is 1. The standard InChI is InChI=1S/C25H26N4O4S/c1-14-12-15(2)27-25(26-14)28-21(17-8-6-9-19(31-4)22(17)32-5)18-13-16(3)34-24(18)29-23(30)20-10-7-11-33-20/h6-13,21H,1-5H3,(H,29,30)(H,26,27,28)/t21-/m0/s1. The zero-order valence-corrected chi connectivity index (χ0v) is 20.4. The van der Waals surface area contributed by atoms with E-state index in [-0.39, 0.29) is 11.7 Å². The number of anilines is 2. The average molecular weight is 479 g/mol. The lowest BCUT2D eigenvalue weighted by molar-refractivity contribution is 0.0997. The lowest BCUT2D eigenvalue weighted by Crippen LogP contribution is -2.18. The van der Waals surface area contributed by atoms with Gasteiger partial charge < -0.3 is 24.5 Å². The van der Waals surface area contributed by atoms with E-state index >= 15 is 0 Å². The average Bonchev–Trinajstić information content (AvgIpc) is 3.46. The van der Waals surface area contributed by atoms with Gasteiger partial charge in [0.2, 0.25) is 5.95 Å². The molecule has 4 rings (SSSR count). The van der Waals surface area contributed by atoms with E-state index in [4.69, 9.17) is 13.9 Å². The fraction of sp³-hybridized carbons (Fsp3) is 0.240. The Bertz CT molecular complexity index is 1280. The Balaban J connectivity index is 1.83. The van der Waals surface area contributed by atoms with Crippen LogP contribution in [0.25, 0.3) is 0 Å². The minimum Gasteiger partial charge on any atom is -0.493 e. The summed E-state index contributed by atoms with van der Waals surface area (Å²) in [6, 6.07) is 12.5. The Kier molecular flexibility index (Phi) is 6.83. The summed E-state index contributed by atoms with van der Waals surface area (Å²) in [5, 5.41) is 7.13. The van der Waals surface area contributed by atoms with Crippen molar-refractivity contribution in [3.63, 3.8) is 0 Å². The number of carbonyl (C=O) groups excluding carboxylic acids is 1. The Morgan fingerprint density at radius 1 is 1.00 bits per heavy atom. The van der Waals surface area contributed by atoms with E-state index in [2.05, 4.69) is 20.6 Å². The predicted octanol–water partition coefficient (Wildman–Crippen LogP) is 5.53. The van der Waals surface area contributed by atoms with Crippen LogP contribution in [-0.2, 0) is 0 Å². The van der Waals surface area contributed by atoms with Gasteiger partial charge in [-0.2, -0.15) is 0 Å². The second-order valence-corrected chi connectivity index (χ2v) is 8.96. The third-order valence-electron chi connectivity index (χ3n) is 5.17. The van der Waals surface area contributed by atoms with Crippen molar-refractivity contribution < 1.29 is 18.7 Å². The van der Waals surface area contributed by atoms with Crippen LogP contribution < -0.4 is 20.1 Å². The van der Waals surface area contributed by atoms with Crippen LogP contribution in [-0.4, -0.2) is 30.1 Å². The maximum Gasteiger partial charge on any atom is 0.291 e. The first-order valence-corrected chi connectivity index (χ1v) is 11.5. The van der Waals surface area contributed by atoms with Crippen LogP contribution in [0.15, 0.2) is 53.1 Å². The third-order valence-corrected chi connectivity index (χ3v) is 6.15. The molecule has 0 aliphatic carbocycles. The van der Waals surface area contributed by atoms with Crippen molar-refractivity contribution in [1.29, 1.82) is 0 Å². The lowest BCUT2D eigenvalue weighted by Gasteiger charge is -2.23. The molecule has 34 heavy (non-hydrogen) atoms. The zero-order valence-electron chi connectivity index (χ0n) is 19.6. The van der Waals surface area contributed by atoms with Gasteiger partial charge in [-0.3, -0.25) is 4.79 Å². The first-order chi connectivity index (χ1) is 16.4. The van der Waals surface area contributed by atoms with Crippen LogP contribution in [0.4, 0.5) is 10.9 Å². The van der Waals surface area contributed by atoms with Crippen molar-refractivity contribution in [3.05, 3.63) is 81.9 Å². The molecule has 0 aliphatic rings. The second kappa shape index (κ2) is 9.96. The van der Waals surface area contributed by atoms with Gasteiger partial charge in [-0.25, -0.2) is 9.97 Å². The first-order valence-electron chi connectivity index (χ1n) is 10.6. The molecule has 0 fully saturated rings. The maximum absolute atomic E-state index is 12.8. The van der Waals surface area contributed by atoms with Crippen LogP contribution in [0.5, 0.6) is 11.5 Å². The summed E-state index contributed by atoms with van der Waals surface area (Å²) in [6.45, 7) is 5.83. The summed E-state index contributed by atoms with van der Waals surface area (Å²) in [5.74, 6) is 1.56. The van der Waals surface area contributed by atoms with Gasteiger partial charge in [0.15, 0.2) is 17.3 Å². The van der Waals surface area contributed by atoms with Gasteiger partial charge in [-0.1, -0.05) is 12.1 Å². The minimum atomic E-state index is -0.442. The molecule has 3 aromatic heterocycles. The molecule has 0 aliphatic heterocycles. The van der Waals surface area contributed by atoms with Gasteiger partial charge >= 0.3 is 0 Å². The highest BCUT2D eigenvalue weighted by molar-refractivity contribution is 7.16. The number of ether oxygens (including phenoxy) is 2. The summed E-state index contributed by atoms with van der Waals surface area (Å²) >= 11 is 1.48. The fourth-order valence-corrected chi connectivity index (χ4v) is 4.75. The van der Waals surface area contributed by atoms with Gasteiger partial charge in [0.05, 0.1) is 26.5 Å². The van der Waals surface area contributed by atoms with Gasteiger partial charge in [0, 0.05) is 27.4 Å². The number of rotatable bonds is 8. The molecule has 0 saturated carbocycles. The highest BCUT2D eigenvalue weighted by Gasteiger charge is 2.27. The van der Waals surface area contributed by atoms with Crippen LogP contribution in [0.1, 0.15) is 44.0 Å². The number of furan rings is 1. The smallest absolute Gasteiger partial charge is 0.291 e. The molecule has 0 bridgehead atoms. The molecule has 0 radical (unpaired) electrons. The Morgan fingerprint density at radius 2 is 1.76 bits per heavy atom. The van der Waals surface area contributed by atoms with Crippen LogP contribution in [0.2, 0.25) is 0 Å². The number of amides is 1. The number of nitrogens with zero attached hydrogens (tertiary/aromatic N) is 2. The lowest BCUT2D eigenvalue weighted by atomic mass is 9.98. The molecule has 2 N–H and O–H groups in total. The molecule has 3 heterocycles. The van der Waals surface area contributed by atoms with E-state index in [9.17, 15) is 4.79 Å². The minimum absolute atomic E-state index is 0.234. The third kappa shape index (κ3) is 4.89. The molecule has 0 unspecified atom stereocenters. The van der Waals surface area contributed by atoms with Crippen molar-refractivity contribution in [1.82, 2.24) is 9.97 Å². The zero-order chi connectivity index (χ0) is 24.2. The number of carbonyl (C=O) groups is 1. The number of aryl methyl sites for hydroxylation is 3. The quantitative estimate of drug-likeness (QED) is 0.344. The molecule has 1 amide bonds. The van der Waals surface area contributed by atoms with Crippen LogP contribution in [0.3, 0.4) is 0 Å². The molecular formula is C25H26N4O4S. The molecule has 1 aromatic carbocycles. The second-order valence-electron chi connectivity index (χ2n) is 7.71. The van der Waals surface area contributed by atoms with Gasteiger partial charge in [-0.05, 0) is 51.1 Å². The van der Waals surface area contributed by atoms with Crippen molar-refractivity contribution in [2.45, 2.75) is 26.8 Å².